The summed E-state index contributed by atoms with van der Waals surface area (Å²) in [6, 6.07) is 5.51. The van der Waals surface area contributed by atoms with Gasteiger partial charge in [-0.25, -0.2) is 4.39 Å². The zero-order valence-corrected chi connectivity index (χ0v) is 9.04. The molecule has 0 aromatic heterocycles. The normalized spacial score (nSPS) is 28.0. The standard InChI is InChI=1S/C13H16FN/c1-2-9-3-4-12(14)13(5-9)15-7-10-6-11(10)8-15/h3-5,10-11H,2,6-8H2,1H3. The highest BCUT2D eigenvalue weighted by Gasteiger charge is 2.45. The molecule has 2 unspecified atom stereocenters. The summed E-state index contributed by atoms with van der Waals surface area (Å²) in [6.45, 7) is 4.24. The molecule has 1 aliphatic heterocycles. The van der Waals surface area contributed by atoms with Crippen LogP contribution >= 0.6 is 0 Å². The summed E-state index contributed by atoms with van der Waals surface area (Å²) in [6.07, 6.45) is 2.35. The molecule has 15 heavy (non-hydrogen) atoms. The van der Waals surface area contributed by atoms with Gasteiger partial charge in [-0.2, -0.15) is 0 Å². The van der Waals surface area contributed by atoms with Crippen LogP contribution in [0.2, 0.25) is 0 Å². The molecular weight excluding hydrogens is 189 g/mol. The second-order valence-electron chi connectivity index (χ2n) is 4.80. The van der Waals surface area contributed by atoms with E-state index in [-0.39, 0.29) is 5.82 Å². The van der Waals surface area contributed by atoms with Crippen molar-refractivity contribution in [1.29, 1.82) is 0 Å². The molecular formula is C13H16FN. The quantitative estimate of drug-likeness (QED) is 0.717. The van der Waals surface area contributed by atoms with Gasteiger partial charge in [-0.15, -0.1) is 0 Å². The Bertz CT molecular complexity index is 378. The molecule has 2 heteroatoms. The van der Waals surface area contributed by atoms with Crippen LogP contribution in [0, 0.1) is 17.7 Å². The molecule has 2 fully saturated rings. The van der Waals surface area contributed by atoms with Crippen molar-refractivity contribution in [2.45, 2.75) is 19.8 Å². The van der Waals surface area contributed by atoms with E-state index in [1.165, 1.54) is 12.0 Å². The first kappa shape index (κ1) is 9.20. The summed E-state index contributed by atoms with van der Waals surface area (Å²) in [5.74, 6) is 1.65. The minimum atomic E-state index is -0.0616. The lowest BCUT2D eigenvalue weighted by Gasteiger charge is -2.21. The van der Waals surface area contributed by atoms with E-state index < -0.39 is 0 Å². The molecule has 0 amide bonds. The molecule has 0 spiro atoms. The molecule has 2 atom stereocenters. The van der Waals surface area contributed by atoms with Crippen LogP contribution < -0.4 is 4.90 Å². The predicted octanol–water partition coefficient (Wildman–Crippen LogP) is 2.84. The van der Waals surface area contributed by atoms with E-state index in [1.54, 1.807) is 6.07 Å². The van der Waals surface area contributed by atoms with Crippen LogP contribution in [-0.4, -0.2) is 13.1 Å². The summed E-state index contributed by atoms with van der Waals surface area (Å²) in [5, 5.41) is 0. The van der Waals surface area contributed by atoms with Gasteiger partial charge in [0.15, 0.2) is 0 Å². The van der Waals surface area contributed by atoms with E-state index in [0.717, 1.165) is 37.0 Å². The Kier molecular flexibility index (Phi) is 1.98. The summed E-state index contributed by atoms with van der Waals surface area (Å²) in [5.41, 5.74) is 2.05. The highest BCUT2D eigenvalue weighted by Crippen LogP contribution is 2.46. The Morgan fingerprint density at radius 2 is 2.07 bits per heavy atom. The molecule has 1 saturated heterocycles. The molecule has 0 radical (unpaired) electrons. The van der Waals surface area contributed by atoms with Gasteiger partial charge in [0.1, 0.15) is 5.82 Å². The third-order valence-electron chi connectivity index (χ3n) is 3.74. The number of aryl methyl sites for hydroxylation is 1. The third kappa shape index (κ3) is 1.52. The largest absolute Gasteiger partial charge is 0.369 e. The van der Waals surface area contributed by atoms with Crippen LogP contribution in [0.5, 0.6) is 0 Å². The lowest BCUT2D eigenvalue weighted by atomic mass is 10.1. The molecule has 1 aromatic rings. The number of nitrogens with zero attached hydrogens (tertiary/aromatic N) is 1. The molecule has 1 heterocycles. The topological polar surface area (TPSA) is 3.24 Å². The maximum absolute atomic E-state index is 13.7. The first-order valence-electron chi connectivity index (χ1n) is 5.81. The van der Waals surface area contributed by atoms with E-state index in [0.29, 0.717) is 0 Å². The van der Waals surface area contributed by atoms with Gasteiger partial charge in [0.2, 0.25) is 0 Å². The summed E-state index contributed by atoms with van der Waals surface area (Å²) >= 11 is 0. The fraction of sp³-hybridized carbons (Fsp3) is 0.538. The van der Waals surface area contributed by atoms with Gasteiger partial charge in [0.05, 0.1) is 5.69 Å². The van der Waals surface area contributed by atoms with E-state index in [9.17, 15) is 4.39 Å². The van der Waals surface area contributed by atoms with Crippen molar-refractivity contribution >= 4 is 5.69 Å². The van der Waals surface area contributed by atoms with Gasteiger partial charge in [0.25, 0.3) is 0 Å². The molecule has 2 aliphatic rings. The Balaban J connectivity index is 1.89. The zero-order chi connectivity index (χ0) is 10.4. The maximum atomic E-state index is 13.7. The SMILES string of the molecule is CCc1ccc(F)c(N2CC3CC3C2)c1. The molecule has 0 bridgehead atoms. The maximum Gasteiger partial charge on any atom is 0.146 e. The number of halogens is 1. The second-order valence-corrected chi connectivity index (χ2v) is 4.80. The number of hydrogen-bond acceptors (Lipinski definition) is 1. The highest BCUT2D eigenvalue weighted by molar-refractivity contribution is 5.52. The lowest BCUT2D eigenvalue weighted by molar-refractivity contribution is 0.618. The number of anilines is 1. The van der Waals surface area contributed by atoms with Gasteiger partial charge in [-0.3, -0.25) is 0 Å². The summed E-state index contributed by atoms with van der Waals surface area (Å²) in [7, 11) is 0. The van der Waals surface area contributed by atoms with E-state index in [4.69, 9.17) is 0 Å². The molecule has 1 aliphatic carbocycles. The van der Waals surface area contributed by atoms with Crippen molar-refractivity contribution in [3.8, 4) is 0 Å². The van der Waals surface area contributed by atoms with Crippen LogP contribution in [0.1, 0.15) is 18.9 Å². The number of benzene rings is 1. The fourth-order valence-corrected chi connectivity index (χ4v) is 2.62. The van der Waals surface area contributed by atoms with Crippen LogP contribution in [-0.2, 0) is 6.42 Å². The van der Waals surface area contributed by atoms with Gasteiger partial charge in [-0.05, 0) is 42.4 Å². The van der Waals surface area contributed by atoms with Gasteiger partial charge < -0.3 is 4.90 Å². The minimum absolute atomic E-state index is 0.0616. The van der Waals surface area contributed by atoms with Crippen molar-refractivity contribution in [3.05, 3.63) is 29.6 Å². The van der Waals surface area contributed by atoms with Gasteiger partial charge >= 0.3 is 0 Å². The van der Waals surface area contributed by atoms with Crippen LogP contribution in [0.4, 0.5) is 10.1 Å². The van der Waals surface area contributed by atoms with E-state index >= 15 is 0 Å². The summed E-state index contributed by atoms with van der Waals surface area (Å²) < 4.78 is 13.7. The minimum Gasteiger partial charge on any atom is -0.369 e. The Morgan fingerprint density at radius 1 is 1.33 bits per heavy atom. The summed E-state index contributed by atoms with van der Waals surface area (Å²) in [4.78, 5) is 2.22. The zero-order valence-electron chi connectivity index (χ0n) is 9.04. The molecule has 80 valence electrons. The van der Waals surface area contributed by atoms with Crippen LogP contribution in [0.15, 0.2) is 18.2 Å². The van der Waals surface area contributed by atoms with E-state index in [2.05, 4.69) is 11.8 Å². The Labute approximate surface area is 89.9 Å². The second kappa shape index (κ2) is 3.22. The van der Waals surface area contributed by atoms with Crippen LogP contribution in [0.25, 0.3) is 0 Å². The molecule has 3 rings (SSSR count). The van der Waals surface area contributed by atoms with Crippen molar-refractivity contribution in [3.63, 3.8) is 0 Å². The molecule has 1 aromatic carbocycles. The molecule has 1 nitrogen and oxygen atoms in total. The average molecular weight is 205 g/mol. The number of piperidine rings is 1. The van der Waals surface area contributed by atoms with Crippen molar-refractivity contribution in [2.24, 2.45) is 11.8 Å². The highest BCUT2D eigenvalue weighted by atomic mass is 19.1. The Hall–Kier alpha value is -1.05. The number of fused-ring (bicyclic) bond motifs is 1. The average Bonchev–Trinajstić information content (AvgIpc) is 2.87. The lowest BCUT2D eigenvalue weighted by Crippen LogP contribution is -2.23. The van der Waals surface area contributed by atoms with E-state index in [1.807, 2.05) is 12.1 Å². The smallest absolute Gasteiger partial charge is 0.146 e. The Morgan fingerprint density at radius 3 is 2.73 bits per heavy atom. The van der Waals surface area contributed by atoms with Crippen molar-refractivity contribution in [2.75, 3.05) is 18.0 Å². The number of hydrogen-bond donors (Lipinski definition) is 0. The van der Waals surface area contributed by atoms with Gasteiger partial charge in [-0.1, -0.05) is 13.0 Å². The third-order valence-corrected chi connectivity index (χ3v) is 3.74. The fourth-order valence-electron chi connectivity index (χ4n) is 2.62. The monoisotopic (exact) mass is 205 g/mol. The molecule has 1 saturated carbocycles. The first-order valence-corrected chi connectivity index (χ1v) is 5.81. The first-order chi connectivity index (χ1) is 7.28. The van der Waals surface area contributed by atoms with Crippen molar-refractivity contribution < 1.29 is 4.39 Å². The predicted molar refractivity (Wildman–Crippen MR) is 59.6 cm³/mol. The van der Waals surface area contributed by atoms with Crippen LogP contribution in [0.3, 0.4) is 0 Å². The van der Waals surface area contributed by atoms with Crippen molar-refractivity contribution in [1.82, 2.24) is 0 Å². The van der Waals surface area contributed by atoms with Gasteiger partial charge in [0, 0.05) is 13.1 Å². The molecule has 0 N–H and O–H groups in total. The number of rotatable bonds is 2.